The fraction of sp³-hybridized carbons (Fsp3) is 0.467. The van der Waals surface area contributed by atoms with Gasteiger partial charge in [-0.15, -0.1) is 0 Å². The van der Waals surface area contributed by atoms with Gasteiger partial charge in [-0.25, -0.2) is 0 Å². The molecule has 1 rings (SSSR count). The molecule has 0 aliphatic heterocycles. The third kappa shape index (κ3) is 6.04. The summed E-state index contributed by atoms with van der Waals surface area (Å²) in [7, 11) is 0. The highest BCUT2D eigenvalue weighted by molar-refractivity contribution is 5.72. The number of esters is 2. The second-order valence-electron chi connectivity index (χ2n) is 5.30. The molecule has 4 nitrogen and oxygen atoms in total. The van der Waals surface area contributed by atoms with Gasteiger partial charge in [-0.2, -0.15) is 0 Å². The van der Waals surface area contributed by atoms with Crippen LogP contribution in [0.5, 0.6) is 0 Å². The van der Waals surface area contributed by atoms with Gasteiger partial charge in [-0.1, -0.05) is 30.3 Å². The zero-order valence-corrected chi connectivity index (χ0v) is 11.8. The molecule has 1 unspecified atom stereocenters. The number of hydrogen-bond acceptors (Lipinski definition) is 4. The Morgan fingerprint density at radius 2 is 1.74 bits per heavy atom. The second-order valence-corrected chi connectivity index (χ2v) is 5.30. The van der Waals surface area contributed by atoms with E-state index < -0.39 is 17.7 Å². The molecule has 4 heteroatoms. The maximum Gasteiger partial charge on any atom is 0.310 e. The predicted molar refractivity (Wildman–Crippen MR) is 71.4 cm³/mol. The SMILES string of the molecule is CC(=O)OC(CC(=O)OC(C)(C)C)c1ccccc1. The summed E-state index contributed by atoms with van der Waals surface area (Å²) < 4.78 is 10.4. The Labute approximate surface area is 113 Å². The van der Waals surface area contributed by atoms with E-state index >= 15 is 0 Å². The molecule has 1 aromatic rings. The van der Waals surface area contributed by atoms with E-state index in [1.54, 1.807) is 20.8 Å². The molecule has 1 atom stereocenters. The minimum Gasteiger partial charge on any atom is -0.460 e. The van der Waals surface area contributed by atoms with Gasteiger partial charge in [0.15, 0.2) is 0 Å². The van der Waals surface area contributed by atoms with Crippen LogP contribution in [0.3, 0.4) is 0 Å². The van der Waals surface area contributed by atoms with Gasteiger partial charge >= 0.3 is 11.9 Å². The number of benzene rings is 1. The third-order valence-corrected chi connectivity index (χ3v) is 2.25. The molecule has 0 aliphatic carbocycles. The first-order valence-corrected chi connectivity index (χ1v) is 6.22. The van der Waals surface area contributed by atoms with Crippen LogP contribution in [0.15, 0.2) is 30.3 Å². The largest absolute Gasteiger partial charge is 0.460 e. The summed E-state index contributed by atoms with van der Waals surface area (Å²) >= 11 is 0. The van der Waals surface area contributed by atoms with E-state index in [4.69, 9.17) is 9.47 Å². The average molecular weight is 264 g/mol. The van der Waals surface area contributed by atoms with E-state index in [1.165, 1.54) is 6.92 Å². The van der Waals surface area contributed by atoms with Crippen molar-refractivity contribution in [3.63, 3.8) is 0 Å². The molecule has 0 radical (unpaired) electrons. The van der Waals surface area contributed by atoms with Crippen LogP contribution in [0.2, 0.25) is 0 Å². The molecule has 1 aromatic carbocycles. The Morgan fingerprint density at radius 1 is 1.16 bits per heavy atom. The minimum atomic E-state index is -0.603. The van der Waals surface area contributed by atoms with E-state index in [9.17, 15) is 9.59 Å². The zero-order chi connectivity index (χ0) is 14.5. The molecule has 0 N–H and O–H groups in total. The molecule has 0 aliphatic rings. The summed E-state index contributed by atoms with van der Waals surface area (Å²) in [6, 6.07) is 9.17. The lowest BCUT2D eigenvalue weighted by atomic mass is 10.1. The van der Waals surface area contributed by atoms with Gasteiger partial charge in [0.25, 0.3) is 0 Å². The molecule has 19 heavy (non-hydrogen) atoms. The van der Waals surface area contributed by atoms with Crippen molar-refractivity contribution in [1.29, 1.82) is 0 Å². The maximum atomic E-state index is 11.8. The Morgan fingerprint density at radius 3 is 2.21 bits per heavy atom. The van der Waals surface area contributed by atoms with Crippen molar-refractivity contribution < 1.29 is 19.1 Å². The minimum absolute atomic E-state index is 0.0147. The quantitative estimate of drug-likeness (QED) is 0.784. The molecule has 0 spiro atoms. The van der Waals surface area contributed by atoms with Crippen molar-refractivity contribution in [2.45, 2.75) is 45.8 Å². The van der Waals surface area contributed by atoms with Crippen LogP contribution in [0.25, 0.3) is 0 Å². The monoisotopic (exact) mass is 264 g/mol. The smallest absolute Gasteiger partial charge is 0.310 e. The first-order valence-electron chi connectivity index (χ1n) is 6.22. The van der Waals surface area contributed by atoms with Gasteiger partial charge in [-0.3, -0.25) is 9.59 Å². The maximum absolute atomic E-state index is 11.8. The second kappa shape index (κ2) is 6.36. The number of carbonyl (C=O) groups excluding carboxylic acids is 2. The number of rotatable bonds is 4. The molecule has 0 amide bonds. The summed E-state index contributed by atoms with van der Waals surface area (Å²) in [5.74, 6) is -0.806. The standard InChI is InChI=1S/C15H20O4/c1-11(16)18-13(12-8-6-5-7-9-12)10-14(17)19-15(2,3)4/h5-9,13H,10H2,1-4H3. The van der Waals surface area contributed by atoms with Crippen molar-refractivity contribution in [1.82, 2.24) is 0 Å². The molecule has 0 saturated heterocycles. The number of hydrogen-bond donors (Lipinski definition) is 0. The van der Waals surface area contributed by atoms with Crippen LogP contribution in [0, 0.1) is 0 Å². The molecule has 0 aromatic heterocycles. The summed E-state index contributed by atoms with van der Waals surface area (Å²) in [6.07, 6.45) is -0.588. The lowest BCUT2D eigenvalue weighted by Crippen LogP contribution is -2.25. The number of carbonyl (C=O) groups is 2. The highest BCUT2D eigenvalue weighted by Gasteiger charge is 2.23. The zero-order valence-electron chi connectivity index (χ0n) is 11.8. The third-order valence-electron chi connectivity index (χ3n) is 2.25. The van der Waals surface area contributed by atoms with Gasteiger partial charge in [0, 0.05) is 6.92 Å². The summed E-state index contributed by atoms with van der Waals surface area (Å²) in [6.45, 7) is 6.72. The Kier molecular flexibility index (Phi) is 5.10. The van der Waals surface area contributed by atoms with Crippen molar-refractivity contribution in [2.75, 3.05) is 0 Å². The van der Waals surface area contributed by atoms with Crippen LogP contribution in [-0.2, 0) is 19.1 Å². The summed E-state index contributed by atoms with van der Waals surface area (Å²) in [5.41, 5.74) is 0.234. The Bertz CT molecular complexity index is 431. The summed E-state index contributed by atoms with van der Waals surface area (Å²) in [4.78, 5) is 22.9. The first-order chi connectivity index (χ1) is 8.78. The van der Waals surface area contributed by atoms with E-state index in [2.05, 4.69) is 0 Å². The van der Waals surface area contributed by atoms with Crippen molar-refractivity contribution in [2.24, 2.45) is 0 Å². The fourth-order valence-electron chi connectivity index (χ4n) is 1.63. The van der Waals surface area contributed by atoms with Gasteiger partial charge in [0.05, 0.1) is 6.42 Å². The van der Waals surface area contributed by atoms with Crippen molar-refractivity contribution in [3.05, 3.63) is 35.9 Å². The van der Waals surface area contributed by atoms with Crippen molar-refractivity contribution >= 4 is 11.9 Å². The Hall–Kier alpha value is -1.84. The average Bonchev–Trinajstić information content (AvgIpc) is 2.26. The van der Waals surface area contributed by atoms with Crippen LogP contribution in [0.4, 0.5) is 0 Å². The molecule has 104 valence electrons. The molecule has 0 saturated carbocycles. The van der Waals surface area contributed by atoms with Crippen LogP contribution < -0.4 is 0 Å². The van der Waals surface area contributed by atoms with E-state index in [1.807, 2.05) is 30.3 Å². The molecule has 0 fully saturated rings. The van der Waals surface area contributed by atoms with E-state index in [0.717, 1.165) is 5.56 Å². The predicted octanol–water partition coefficient (Wildman–Crippen LogP) is 3.02. The van der Waals surface area contributed by atoms with Gasteiger partial charge in [0.1, 0.15) is 11.7 Å². The molecule has 0 bridgehead atoms. The van der Waals surface area contributed by atoms with Crippen LogP contribution in [-0.4, -0.2) is 17.5 Å². The van der Waals surface area contributed by atoms with Gasteiger partial charge < -0.3 is 9.47 Å². The molecule has 0 heterocycles. The topological polar surface area (TPSA) is 52.6 Å². The van der Waals surface area contributed by atoms with Crippen LogP contribution in [0.1, 0.15) is 45.8 Å². The van der Waals surface area contributed by atoms with E-state index in [-0.39, 0.29) is 12.4 Å². The fourth-order valence-corrected chi connectivity index (χ4v) is 1.63. The highest BCUT2D eigenvalue weighted by atomic mass is 16.6. The Balaban J connectivity index is 2.76. The molecular formula is C15H20O4. The van der Waals surface area contributed by atoms with E-state index in [0.29, 0.717) is 0 Å². The molecular weight excluding hydrogens is 244 g/mol. The lowest BCUT2D eigenvalue weighted by Gasteiger charge is -2.22. The van der Waals surface area contributed by atoms with Gasteiger partial charge in [-0.05, 0) is 26.3 Å². The number of ether oxygens (including phenoxy) is 2. The lowest BCUT2D eigenvalue weighted by molar-refractivity contribution is -0.161. The van der Waals surface area contributed by atoms with Gasteiger partial charge in [0.2, 0.25) is 0 Å². The van der Waals surface area contributed by atoms with Crippen molar-refractivity contribution in [3.8, 4) is 0 Å². The first kappa shape index (κ1) is 15.2. The summed E-state index contributed by atoms with van der Waals surface area (Å²) in [5, 5.41) is 0. The normalized spacial score (nSPS) is 12.6. The van der Waals surface area contributed by atoms with Crippen LogP contribution >= 0.6 is 0 Å². The highest BCUT2D eigenvalue weighted by Crippen LogP contribution is 2.23.